The van der Waals surface area contributed by atoms with E-state index in [0.29, 0.717) is 5.78 Å². The van der Waals surface area contributed by atoms with E-state index in [4.69, 9.17) is 0 Å². The lowest BCUT2D eigenvalue weighted by atomic mass is 10.3. The molecule has 0 heterocycles. The number of ketones is 1. The molecule has 12 heavy (non-hydrogen) atoms. The van der Waals surface area contributed by atoms with Gasteiger partial charge < -0.3 is 0 Å². The largest absolute Gasteiger partial charge is 0.295 e. The summed E-state index contributed by atoms with van der Waals surface area (Å²) in [5.74, 6) is 0.329. The molecule has 1 fully saturated rings. The summed E-state index contributed by atoms with van der Waals surface area (Å²) < 4.78 is 0. The molecule has 0 N–H and O–H groups in total. The average molecular weight is 182 g/mol. The Morgan fingerprint density at radius 2 is 2.00 bits per heavy atom. The van der Waals surface area contributed by atoms with E-state index in [2.05, 4.69) is 0 Å². The minimum absolute atomic E-state index is 0.329. The number of carbonyl (C=O) groups is 1. The van der Waals surface area contributed by atoms with E-state index in [-0.39, 0.29) is 0 Å². The highest BCUT2D eigenvalue weighted by Gasteiger charge is 2.20. The summed E-state index contributed by atoms with van der Waals surface area (Å²) in [6, 6.07) is 0. The predicted octanol–water partition coefficient (Wildman–Crippen LogP) is 2.91. The molecule has 1 saturated carbocycles. The molecule has 0 bridgehead atoms. The molecule has 0 aromatic carbocycles. The second kappa shape index (κ2) is 3.65. The van der Waals surface area contributed by atoms with Crippen LogP contribution < -0.4 is 0 Å². The van der Waals surface area contributed by atoms with E-state index in [1.165, 1.54) is 30.6 Å². The molecule has 2 rings (SSSR count). The first-order chi connectivity index (χ1) is 5.84. The van der Waals surface area contributed by atoms with Gasteiger partial charge in [0.25, 0.3) is 0 Å². The highest BCUT2D eigenvalue weighted by molar-refractivity contribution is 8.03. The molecule has 0 spiro atoms. The van der Waals surface area contributed by atoms with Gasteiger partial charge in [0, 0.05) is 11.7 Å². The Kier molecular flexibility index (Phi) is 2.54. The van der Waals surface area contributed by atoms with Crippen LogP contribution in [0.1, 0.15) is 38.5 Å². The number of hydrogen-bond acceptors (Lipinski definition) is 2. The molecule has 0 aromatic heterocycles. The van der Waals surface area contributed by atoms with E-state index < -0.39 is 0 Å². The van der Waals surface area contributed by atoms with Crippen molar-refractivity contribution in [1.82, 2.24) is 0 Å². The van der Waals surface area contributed by atoms with Gasteiger partial charge in [-0.1, -0.05) is 12.8 Å². The molecule has 66 valence electrons. The van der Waals surface area contributed by atoms with Crippen LogP contribution in [0.3, 0.4) is 0 Å². The third kappa shape index (κ3) is 1.92. The third-order valence-electron chi connectivity index (χ3n) is 2.56. The van der Waals surface area contributed by atoms with Crippen LogP contribution in [0.4, 0.5) is 0 Å². The zero-order valence-electron chi connectivity index (χ0n) is 7.21. The van der Waals surface area contributed by atoms with Gasteiger partial charge >= 0.3 is 0 Å². The monoisotopic (exact) mass is 182 g/mol. The van der Waals surface area contributed by atoms with Crippen LogP contribution in [0.2, 0.25) is 0 Å². The normalized spacial score (nSPS) is 25.0. The van der Waals surface area contributed by atoms with Crippen LogP contribution in [0, 0.1) is 0 Å². The van der Waals surface area contributed by atoms with Gasteiger partial charge in [0.2, 0.25) is 0 Å². The Bertz CT molecular complexity index is 214. The summed E-state index contributed by atoms with van der Waals surface area (Å²) in [6.07, 6.45) is 9.11. The Hall–Kier alpha value is -0.240. The number of allylic oxidation sites excluding steroid dienone is 2. The lowest BCUT2D eigenvalue weighted by molar-refractivity contribution is -0.114. The van der Waals surface area contributed by atoms with Crippen molar-refractivity contribution in [1.29, 1.82) is 0 Å². The Morgan fingerprint density at radius 1 is 1.25 bits per heavy atom. The fraction of sp³-hybridized carbons (Fsp3) is 0.700. The standard InChI is InChI=1S/C10H14OS/c11-8-5-6-10(7-8)12-9-3-1-2-4-9/h7,9H,1-6H2. The van der Waals surface area contributed by atoms with Gasteiger partial charge in [-0.15, -0.1) is 11.8 Å². The van der Waals surface area contributed by atoms with Crippen LogP contribution in [-0.2, 0) is 4.79 Å². The van der Waals surface area contributed by atoms with Crippen LogP contribution in [0.5, 0.6) is 0 Å². The minimum atomic E-state index is 0.329. The number of carbonyl (C=O) groups excluding carboxylic acids is 1. The molecule has 0 aromatic rings. The molecule has 2 aliphatic carbocycles. The van der Waals surface area contributed by atoms with E-state index in [9.17, 15) is 4.79 Å². The van der Waals surface area contributed by atoms with E-state index in [1.807, 2.05) is 17.8 Å². The fourth-order valence-electron chi connectivity index (χ4n) is 1.88. The van der Waals surface area contributed by atoms with Gasteiger partial charge in [-0.3, -0.25) is 4.79 Å². The second-order valence-corrected chi connectivity index (χ2v) is 5.03. The van der Waals surface area contributed by atoms with Gasteiger partial charge in [0.1, 0.15) is 0 Å². The first-order valence-electron chi connectivity index (χ1n) is 4.74. The lowest BCUT2D eigenvalue weighted by Crippen LogP contribution is -1.92. The highest BCUT2D eigenvalue weighted by Crippen LogP contribution is 2.37. The minimum Gasteiger partial charge on any atom is -0.295 e. The SMILES string of the molecule is O=C1C=C(SC2CCCC2)CC1. The van der Waals surface area contributed by atoms with Crippen molar-refractivity contribution in [3.8, 4) is 0 Å². The molecule has 0 radical (unpaired) electrons. The van der Waals surface area contributed by atoms with Crippen molar-refractivity contribution in [3.63, 3.8) is 0 Å². The van der Waals surface area contributed by atoms with Crippen molar-refractivity contribution < 1.29 is 4.79 Å². The average Bonchev–Trinajstić information content (AvgIpc) is 2.63. The molecule has 0 unspecified atom stereocenters. The Balaban J connectivity index is 1.86. The maximum absolute atomic E-state index is 10.9. The maximum atomic E-state index is 10.9. The smallest absolute Gasteiger partial charge is 0.156 e. The van der Waals surface area contributed by atoms with Crippen molar-refractivity contribution in [3.05, 3.63) is 11.0 Å². The van der Waals surface area contributed by atoms with E-state index in [1.54, 1.807) is 0 Å². The first-order valence-corrected chi connectivity index (χ1v) is 5.62. The third-order valence-corrected chi connectivity index (χ3v) is 3.99. The van der Waals surface area contributed by atoms with Gasteiger partial charge in [-0.05, 0) is 30.2 Å². The second-order valence-electron chi connectivity index (χ2n) is 3.60. The molecular formula is C10H14OS. The van der Waals surface area contributed by atoms with E-state index in [0.717, 1.165) is 18.1 Å². The van der Waals surface area contributed by atoms with Crippen LogP contribution in [-0.4, -0.2) is 11.0 Å². The summed E-state index contributed by atoms with van der Waals surface area (Å²) in [4.78, 5) is 12.3. The summed E-state index contributed by atoms with van der Waals surface area (Å²) in [5, 5.41) is 0.821. The molecule has 0 atom stereocenters. The van der Waals surface area contributed by atoms with Crippen molar-refractivity contribution in [2.45, 2.75) is 43.8 Å². The molecule has 0 amide bonds. The first kappa shape index (κ1) is 8.36. The van der Waals surface area contributed by atoms with Gasteiger partial charge in [-0.2, -0.15) is 0 Å². The van der Waals surface area contributed by atoms with E-state index >= 15 is 0 Å². The summed E-state index contributed by atoms with van der Waals surface area (Å²) in [6.45, 7) is 0. The van der Waals surface area contributed by atoms with Crippen molar-refractivity contribution >= 4 is 17.5 Å². The molecular weight excluding hydrogens is 168 g/mol. The highest BCUT2D eigenvalue weighted by atomic mass is 32.2. The van der Waals surface area contributed by atoms with Crippen molar-refractivity contribution in [2.75, 3.05) is 0 Å². The zero-order chi connectivity index (χ0) is 8.39. The predicted molar refractivity (Wildman–Crippen MR) is 52.2 cm³/mol. The topological polar surface area (TPSA) is 17.1 Å². The molecule has 0 aliphatic heterocycles. The van der Waals surface area contributed by atoms with Gasteiger partial charge in [0.05, 0.1) is 0 Å². The maximum Gasteiger partial charge on any atom is 0.156 e. The fourth-order valence-corrected chi connectivity index (χ4v) is 3.30. The molecule has 0 saturated heterocycles. The molecule has 2 heteroatoms. The van der Waals surface area contributed by atoms with Gasteiger partial charge in [-0.25, -0.2) is 0 Å². The number of thioether (sulfide) groups is 1. The zero-order valence-corrected chi connectivity index (χ0v) is 8.03. The van der Waals surface area contributed by atoms with Crippen molar-refractivity contribution in [2.24, 2.45) is 0 Å². The Morgan fingerprint density at radius 3 is 2.58 bits per heavy atom. The lowest BCUT2D eigenvalue weighted by Gasteiger charge is -2.07. The quantitative estimate of drug-likeness (QED) is 0.653. The van der Waals surface area contributed by atoms with Crippen LogP contribution >= 0.6 is 11.8 Å². The van der Waals surface area contributed by atoms with Crippen LogP contribution in [0.25, 0.3) is 0 Å². The number of rotatable bonds is 2. The summed E-state index contributed by atoms with van der Waals surface area (Å²) in [7, 11) is 0. The molecule has 2 aliphatic rings. The number of hydrogen-bond donors (Lipinski definition) is 0. The summed E-state index contributed by atoms with van der Waals surface area (Å²) in [5.41, 5.74) is 0. The Labute approximate surface area is 77.6 Å². The molecule has 1 nitrogen and oxygen atoms in total. The summed E-state index contributed by atoms with van der Waals surface area (Å²) >= 11 is 1.96. The van der Waals surface area contributed by atoms with Crippen LogP contribution in [0.15, 0.2) is 11.0 Å². The van der Waals surface area contributed by atoms with Gasteiger partial charge in [0.15, 0.2) is 5.78 Å².